The number of carbonyl (C=O) groups excluding carboxylic acids is 1. The number of nitrogens with zero attached hydrogens (tertiary/aromatic N) is 4. The molecular weight excluding hydrogens is 352 g/mol. The quantitative estimate of drug-likeness (QED) is 0.584. The monoisotopic (exact) mass is 372 g/mol. The van der Waals surface area contributed by atoms with Crippen molar-refractivity contribution in [2.75, 3.05) is 30.5 Å². The molecule has 3 rings (SSSR count). The molecule has 0 unspecified atom stereocenters. The van der Waals surface area contributed by atoms with Crippen LogP contribution in [0.1, 0.15) is 29.6 Å². The highest BCUT2D eigenvalue weighted by Crippen LogP contribution is 2.32. The molecule has 0 aliphatic carbocycles. The van der Waals surface area contributed by atoms with Gasteiger partial charge in [-0.3, -0.25) is 25.8 Å². The van der Waals surface area contributed by atoms with Crippen molar-refractivity contribution in [1.29, 1.82) is 0 Å². The summed E-state index contributed by atoms with van der Waals surface area (Å²) in [5, 5.41) is 11.6. The molecule has 2 aromatic rings. The molecule has 10 nitrogen and oxygen atoms in total. The number of amides is 1. The third kappa shape index (κ3) is 4.22. The number of benzene rings is 1. The first-order valence-corrected chi connectivity index (χ1v) is 8.55. The molecular formula is C17H20N6O4. The van der Waals surface area contributed by atoms with Crippen LogP contribution in [-0.2, 0) is 0 Å². The first-order chi connectivity index (χ1) is 13.1. The number of aromatic nitrogens is 2. The van der Waals surface area contributed by atoms with Gasteiger partial charge in [-0.2, -0.15) is 0 Å². The zero-order chi connectivity index (χ0) is 19.2. The smallest absolute Gasteiger partial charge is 0.355 e. The van der Waals surface area contributed by atoms with E-state index in [-0.39, 0.29) is 17.3 Å². The van der Waals surface area contributed by atoms with Crippen LogP contribution in [0.25, 0.3) is 0 Å². The number of hydrazine groups is 1. The van der Waals surface area contributed by atoms with Crippen molar-refractivity contribution in [3.8, 4) is 5.75 Å². The van der Waals surface area contributed by atoms with E-state index < -0.39 is 10.8 Å². The van der Waals surface area contributed by atoms with Gasteiger partial charge < -0.3 is 9.64 Å². The Bertz CT molecular complexity index is 821. The number of methoxy groups -OCH3 is 1. The van der Waals surface area contributed by atoms with Gasteiger partial charge in [-0.05, 0) is 43.5 Å². The molecule has 1 aromatic heterocycles. The van der Waals surface area contributed by atoms with Crippen LogP contribution in [0, 0.1) is 10.1 Å². The lowest BCUT2D eigenvalue weighted by molar-refractivity contribution is -0.383. The molecule has 0 saturated carbocycles. The number of carbonyl (C=O) groups is 1. The van der Waals surface area contributed by atoms with Crippen LogP contribution < -0.4 is 20.5 Å². The average molecular weight is 372 g/mol. The Morgan fingerprint density at radius 3 is 2.52 bits per heavy atom. The largest absolute Gasteiger partial charge is 0.497 e. The lowest BCUT2D eigenvalue weighted by Gasteiger charge is -2.27. The fourth-order valence-corrected chi connectivity index (χ4v) is 2.90. The minimum absolute atomic E-state index is 0.0579. The molecule has 1 aromatic carbocycles. The number of hydrogen-bond acceptors (Lipinski definition) is 8. The van der Waals surface area contributed by atoms with Gasteiger partial charge in [0.1, 0.15) is 12.1 Å². The first kappa shape index (κ1) is 18.4. The summed E-state index contributed by atoms with van der Waals surface area (Å²) in [6.07, 6.45) is 4.26. The Kier molecular flexibility index (Phi) is 5.64. The summed E-state index contributed by atoms with van der Waals surface area (Å²) in [5.41, 5.74) is 5.10. The molecule has 0 spiro atoms. The molecule has 2 heterocycles. The van der Waals surface area contributed by atoms with Crippen molar-refractivity contribution in [3.63, 3.8) is 0 Å². The molecule has 142 valence electrons. The Balaban J connectivity index is 1.77. The van der Waals surface area contributed by atoms with Crippen LogP contribution in [0.2, 0.25) is 0 Å². The zero-order valence-electron chi connectivity index (χ0n) is 14.8. The predicted molar refractivity (Wildman–Crippen MR) is 98.8 cm³/mol. The number of hydrogen-bond donors (Lipinski definition) is 2. The second-order valence-corrected chi connectivity index (χ2v) is 6.01. The third-order valence-electron chi connectivity index (χ3n) is 4.29. The summed E-state index contributed by atoms with van der Waals surface area (Å²) in [6.45, 7) is 1.41. The van der Waals surface area contributed by atoms with E-state index in [1.54, 1.807) is 24.3 Å². The first-order valence-electron chi connectivity index (χ1n) is 8.55. The lowest BCUT2D eigenvalue weighted by Crippen LogP contribution is -2.33. The number of piperidine rings is 1. The number of nitro groups is 1. The van der Waals surface area contributed by atoms with Gasteiger partial charge in [0.2, 0.25) is 11.6 Å². The Hall–Kier alpha value is -3.43. The van der Waals surface area contributed by atoms with Crippen molar-refractivity contribution in [3.05, 3.63) is 46.3 Å². The van der Waals surface area contributed by atoms with Gasteiger partial charge in [0.05, 0.1) is 12.0 Å². The van der Waals surface area contributed by atoms with Crippen LogP contribution in [0.15, 0.2) is 30.6 Å². The zero-order valence-corrected chi connectivity index (χ0v) is 14.8. The van der Waals surface area contributed by atoms with Gasteiger partial charge in [-0.1, -0.05) is 0 Å². The normalized spacial score (nSPS) is 13.7. The summed E-state index contributed by atoms with van der Waals surface area (Å²) < 4.78 is 5.05. The van der Waals surface area contributed by atoms with Crippen LogP contribution in [0.5, 0.6) is 5.75 Å². The van der Waals surface area contributed by atoms with Crippen molar-refractivity contribution < 1.29 is 14.5 Å². The van der Waals surface area contributed by atoms with Gasteiger partial charge >= 0.3 is 5.69 Å². The Morgan fingerprint density at radius 2 is 1.89 bits per heavy atom. The van der Waals surface area contributed by atoms with Crippen molar-refractivity contribution in [2.24, 2.45) is 0 Å². The summed E-state index contributed by atoms with van der Waals surface area (Å²) in [5.74, 6) is 0.371. The second kappa shape index (κ2) is 8.30. The van der Waals surface area contributed by atoms with Crippen LogP contribution >= 0.6 is 0 Å². The predicted octanol–water partition coefficient (Wildman–Crippen LogP) is 2.14. The van der Waals surface area contributed by atoms with Gasteiger partial charge in [0.25, 0.3) is 5.91 Å². The molecule has 0 radical (unpaired) electrons. The molecule has 1 aliphatic rings. The van der Waals surface area contributed by atoms with E-state index in [2.05, 4.69) is 20.8 Å². The SMILES string of the molecule is COc1ccc(C(=O)NNc2ncnc(N3CCCCC3)c2[N+](=O)[O-])cc1. The molecule has 27 heavy (non-hydrogen) atoms. The molecule has 10 heteroatoms. The van der Waals surface area contributed by atoms with E-state index in [0.717, 1.165) is 19.3 Å². The lowest BCUT2D eigenvalue weighted by atomic mass is 10.1. The molecule has 1 amide bonds. The van der Waals surface area contributed by atoms with Gasteiger partial charge in [-0.15, -0.1) is 0 Å². The fourth-order valence-electron chi connectivity index (χ4n) is 2.90. The molecule has 1 fully saturated rings. The topological polar surface area (TPSA) is 123 Å². The molecule has 2 N–H and O–H groups in total. The molecule has 0 bridgehead atoms. The minimum Gasteiger partial charge on any atom is -0.497 e. The highest BCUT2D eigenvalue weighted by molar-refractivity contribution is 5.95. The maximum Gasteiger partial charge on any atom is 0.355 e. The number of rotatable bonds is 6. The van der Waals surface area contributed by atoms with E-state index in [1.165, 1.54) is 13.4 Å². The van der Waals surface area contributed by atoms with Gasteiger partial charge in [0, 0.05) is 18.7 Å². The summed E-state index contributed by atoms with van der Waals surface area (Å²) in [6, 6.07) is 6.47. The highest BCUT2D eigenvalue weighted by atomic mass is 16.6. The van der Waals surface area contributed by atoms with Gasteiger partial charge in [0.15, 0.2) is 0 Å². The van der Waals surface area contributed by atoms with Crippen LogP contribution in [0.3, 0.4) is 0 Å². The average Bonchev–Trinajstić information content (AvgIpc) is 2.72. The van der Waals surface area contributed by atoms with Crippen molar-refractivity contribution in [1.82, 2.24) is 15.4 Å². The van der Waals surface area contributed by atoms with E-state index in [1.807, 2.05) is 4.90 Å². The molecule has 1 saturated heterocycles. The minimum atomic E-state index is -0.536. The fraction of sp³-hybridized carbons (Fsp3) is 0.353. The van der Waals surface area contributed by atoms with Crippen molar-refractivity contribution >= 4 is 23.2 Å². The standard InChI is InChI=1S/C17H20N6O4/c1-27-13-7-5-12(6-8-13)17(24)21-20-15-14(23(25)26)16(19-11-18-15)22-9-3-2-4-10-22/h5-8,11H,2-4,9-10H2,1H3,(H,21,24)(H,18,19,20). The van der Waals surface area contributed by atoms with Gasteiger partial charge in [-0.25, -0.2) is 9.97 Å². The summed E-state index contributed by atoms with van der Waals surface area (Å²) in [7, 11) is 1.53. The Labute approximate surface area is 155 Å². The highest BCUT2D eigenvalue weighted by Gasteiger charge is 2.28. The second-order valence-electron chi connectivity index (χ2n) is 6.01. The van der Waals surface area contributed by atoms with Crippen molar-refractivity contribution in [2.45, 2.75) is 19.3 Å². The van der Waals surface area contributed by atoms with Crippen LogP contribution in [0.4, 0.5) is 17.3 Å². The molecule has 0 atom stereocenters. The molecule has 1 aliphatic heterocycles. The maximum absolute atomic E-state index is 12.2. The van der Waals surface area contributed by atoms with E-state index in [0.29, 0.717) is 24.4 Å². The number of nitrogens with one attached hydrogen (secondary N) is 2. The van der Waals surface area contributed by atoms with E-state index in [4.69, 9.17) is 4.74 Å². The maximum atomic E-state index is 12.2. The Morgan fingerprint density at radius 1 is 1.19 bits per heavy atom. The van der Waals surface area contributed by atoms with E-state index in [9.17, 15) is 14.9 Å². The summed E-state index contributed by atoms with van der Waals surface area (Å²) in [4.78, 5) is 33.2. The van der Waals surface area contributed by atoms with E-state index >= 15 is 0 Å². The number of ether oxygens (including phenoxy) is 1. The van der Waals surface area contributed by atoms with Crippen LogP contribution in [-0.4, -0.2) is 41.0 Å². The number of anilines is 2. The third-order valence-corrected chi connectivity index (χ3v) is 4.29. The summed E-state index contributed by atoms with van der Waals surface area (Å²) >= 11 is 0.